The van der Waals surface area contributed by atoms with Gasteiger partial charge in [-0.1, -0.05) is 26.3 Å². The topological polar surface area (TPSA) is 113 Å². The Bertz CT molecular complexity index is 1350. The SMILES string of the molecule is C=C(CC)C(=O)CC(=CCCC1(C2CCCC2)CC(=O)C(Cc2nc3nc(C)cc(C)n3n2)C(=O)O1)OCC1CC1. The van der Waals surface area contributed by atoms with Crippen LogP contribution in [-0.2, 0) is 30.3 Å². The van der Waals surface area contributed by atoms with E-state index in [0.29, 0.717) is 54.7 Å². The van der Waals surface area contributed by atoms with E-state index in [1.165, 1.54) is 0 Å². The van der Waals surface area contributed by atoms with Crippen molar-refractivity contribution in [2.75, 3.05) is 6.61 Å². The summed E-state index contributed by atoms with van der Waals surface area (Å²) in [6.45, 7) is 10.2. The molecule has 0 bridgehead atoms. The highest BCUT2D eigenvalue weighted by molar-refractivity contribution is 6.01. The highest BCUT2D eigenvalue weighted by Gasteiger charge is 2.51. The first kappa shape index (κ1) is 29.1. The minimum atomic E-state index is -0.922. The Labute approximate surface area is 241 Å². The van der Waals surface area contributed by atoms with E-state index in [0.717, 1.165) is 49.9 Å². The number of hydrogen-bond acceptors (Lipinski definition) is 8. The van der Waals surface area contributed by atoms with Crippen molar-refractivity contribution in [2.24, 2.45) is 17.8 Å². The molecule has 1 aliphatic heterocycles. The van der Waals surface area contributed by atoms with Gasteiger partial charge in [0.05, 0.1) is 18.8 Å². The Morgan fingerprint density at radius 1 is 1.20 bits per heavy atom. The molecule has 2 aromatic heterocycles. The maximum Gasteiger partial charge on any atom is 0.317 e. The van der Waals surface area contributed by atoms with Gasteiger partial charge in [-0.05, 0) is 88.3 Å². The maximum absolute atomic E-state index is 13.6. The van der Waals surface area contributed by atoms with Crippen LogP contribution in [0.5, 0.6) is 0 Å². The third-order valence-corrected chi connectivity index (χ3v) is 8.90. The van der Waals surface area contributed by atoms with Crippen LogP contribution < -0.4 is 0 Å². The van der Waals surface area contributed by atoms with Gasteiger partial charge in [-0.3, -0.25) is 14.4 Å². The largest absolute Gasteiger partial charge is 0.498 e. The van der Waals surface area contributed by atoms with Gasteiger partial charge in [0.2, 0.25) is 0 Å². The van der Waals surface area contributed by atoms with Crippen molar-refractivity contribution in [3.05, 3.63) is 47.3 Å². The Balaban J connectivity index is 1.30. The number of allylic oxidation sites excluding steroid dienone is 3. The molecule has 0 amide bonds. The third kappa shape index (κ3) is 6.76. The van der Waals surface area contributed by atoms with Crippen LogP contribution >= 0.6 is 0 Å². The maximum atomic E-state index is 13.6. The predicted octanol–water partition coefficient (Wildman–Crippen LogP) is 5.36. The number of aromatic nitrogens is 4. The van der Waals surface area contributed by atoms with Crippen LogP contribution in [0.1, 0.15) is 94.8 Å². The Morgan fingerprint density at radius 3 is 2.63 bits per heavy atom. The van der Waals surface area contributed by atoms with Crippen LogP contribution in [0.4, 0.5) is 0 Å². The third-order valence-electron chi connectivity index (χ3n) is 8.90. The summed E-state index contributed by atoms with van der Waals surface area (Å²) >= 11 is 0. The summed E-state index contributed by atoms with van der Waals surface area (Å²) in [6, 6.07) is 1.91. The number of nitrogens with zero attached hydrogens (tertiary/aromatic N) is 4. The standard InChI is InChI=1S/C32H42N4O5/c1-5-20(2)27(37)16-25(40-19-23-12-13-23)11-8-14-32(24-9-6-7-10-24)18-28(38)26(30(39)41-32)17-29-34-31-33-21(3)15-22(4)36(31)35-29/h11,15,23-24,26H,2,5-10,12-14,16-19H2,1,3-4H3. The second-order valence-electron chi connectivity index (χ2n) is 12.2. The van der Waals surface area contributed by atoms with E-state index in [9.17, 15) is 14.4 Å². The van der Waals surface area contributed by atoms with E-state index in [1.807, 2.05) is 32.9 Å². The molecule has 2 aromatic rings. The first-order valence-corrected chi connectivity index (χ1v) is 15.2. The highest BCUT2D eigenvalue weighted by Crippen LogP contribution is 2.45. The molecule has 5 rings (SSSR count). The molecule has 2 unspecified atom stereocenters. The lowest BCUT2D eigenvalue weighted by Crippen LogP contribution is -2.52. The Hall–Kier alpha value is -3.36. The molecule has 0 aromatic carbocycles. The molecule has 3 aliphatic rings. The molecule has 3 fully saturated rings. The number of ketones is 2. The summed E-state index contributed by atoms with van der Waals surface area (Å²) in [7, 11) is 0. The van der Waals surface area contributed by atoms with Crippen LogP contribution in [0.2, 0.25) is 0 Å². The van der Waals surface area contributed by atoms with Gasteiger partial charge in [-0.2, -0.15) is 4.98 Å². The summed E-state index contributed by atoms with van der Waals surface area (Å²) in [5, 5.41) is 4.50. The van der Waals surface area contributed by atoms with Gasteiger partial charge < -0.3 is 9.47 Å². The molecule has 0 N–H and O–H groups in total. The molecule has 0 spiro atoms. The quantitative estimate of drug-likeness (QED) is 0.139. The molecule has 2 saturated carbocycles. The zero-order chi connectivity index (χ0) is 29.1. The predicted molar refractivity (Wildman–Crippen MR) is 153 cm³/mol. The van der Waals surface area contributed by atoms with Crippen LogP contribution in [0.3, 0.4) is 0 Å². The smallest absolute Gasteiger partial charge is 0.317 e. The van der Waals surface area contributed by atoms with Crippen molar-refractivity contribution in [3.63, 3.8) is 0 Å². The van der Waals surface area contributed by atoms with Gasteiger partial charge in [0, 0.05) is 24.2 Å². The van der Waals surface area contributed by atoms with Crippen molar-refractivity contribution in [1.82, 2.24) is 19.6 Å². The van der Waals surface area contributed by atoms with Crippen molar-refractivity contribution in [2.45, 2.75) is 103 Å². The van der Waals surface area contributed by atoms with E-state index in [2.05, 4.69) is 21.6 Å². The molecule has 9 heteroatoms. The number of carbonyl (C=O) groups is 3. The molecule has 1 saturated heterocycles. The fourth-order valence-electron chi connectivity index (χ4n) is 6.20. The van der Waals surface area contributed by atoms with Crippen LogP contribution in [-0.4, -0.2) is 49.3 Å². The number of ether oxygens (including phenoxy) is 2. The second kappa shape index (κ2) is 12.2. The summed E-state index contributed by atoms with van der Waals surface area (Å²) < 4.78 is 14.0. The number of Topliss-reactive ketones (excluding diaryl/α,β-unsaturated/α-hetero) is 2. The lowest BCUT2D eigenvalue weighted by molar-refractivity contribution is -0.185. The van der Waals surface area contributed by atoms with Gasteiger partial charge in [0.1, 0.15) is 11.5 Å². The van der Waals surface area contributed by atoms with Crippen LogP contribution in [0.25, 0.3) is 5.78 Å². The van der Waals surface area contributed by atoms with Crippen LogP contribution in [0, 0.1) is 31.6 Å². The zero-order valence-electron chi connectivity index (χ0n) is 24.6. The number of aryl methyl sites for hydroxylation is 2. The number of hydrogen-bond donors (Lipinski definition) is 0. The molecular formula is C32H42N4O5. The van der Waals surface area contributed by atoms with E-state index in [1.54, 1.807) is 4.52 Å². The molecular weight excluding hydrogens is 520 g/mol. The van der Waals surface area contributed by atoms with Crippen molar-refractivity contribution < 1.29 is 23.9 Å². The fourth-order valence-corrected chi connectivity index (χ4v) is 6.20. The van der Waals surface area contributed by atoms with Gasteiger partial charge >= 0.3 is 5.97 Å². The zero-order valence-corrected chi connectivity index (χ0v) is 24.6. The van der Waals surface area contributed by atoms with Crippen molar-refractivity contribution >= 4 is 23.3 Å². The van der Waals surface area contributed by atoms with Crippen molar-refractivity contribution in [1.29, 1.82) is 0 Å². The minimum Gasteiger partial charge on any atom is -0.498 e. The van der Waals surface area contributed by atoms with Gasteiger partial charge in [-0.15, -0.1) is 5.10 Å². The molecule has 2 atom stereocenters. The fraction of sp³-hybridized carbons (Fsp3) is 0.625. The highest BCUT2D eigenvalue weighted by atomic mass is 16.6. The van der Waals surface area contributed by atoms with E-state index in [4.69, 9.17) is 9.47 Å². The molecule has 2 aliphatic carbocycles. The molecule has 41 heavy (non-hydrogen) atoms. The van der Waals surface area contributed by atoms with E-state index in [-0.39, 0.29) is 36.7 Å². The average molecular weight is 563 g/mol. The first-order chi connectivity index (χ1) is 19.7. The number of rotatable bonds is 13. The van der Waals surface area contributed by atoms with E-state index >= 15 is 0 Å². The first-order valence-electron chi connectivity index (χ1n) is 15.2. The minimum absolute atomic E-state index is 0.0109. The average Bonchev–Trinajstić information content (AvgIpc) is 3.40. The van der Waals surface area contributed by atoms with Gasteiger partial charge in [0.15, 0.2) is 17.4 Å². The number of cyclic esters (lactones) is 1. The van der Waals surface area contributed by atoms with Crippen molar-refractivity contribution in [3.8, 4) is 0 Å². The summed E-state index contributed by atoms with van der Waals surface area (Å²) in [6.07, 6.45) is 10.5. The second-order valence-corrected chi connectivity index (χ2v) is 12.2. The Kier molecular flexibility index (Phi) is 8.71. The van der Waals surface area contributed by atoms with Gasteiger partial charge in [-0.25, -0.2) is 9.50 Å². The number of carbonyl (C=O) groups excluding carboxylic acids is 3. The number of esters is 1. The molecule has 3 heterocycles. The lowest BCUT2D eigenvalue weighted by Gasteiger charge is -2.42. The van der Waals surface area contributed by atoms with Crippen LogP contribution in [0.15, 0.2) is 30.1 Å². The summed E-state index contributed by atoms with van der Waals surface area (Å²) in [4.78, 5) is 48.5. The number of fused-ring (bicyclic) bond motifs is 1. The normalized spacial score (nSPS) is 23.7. The van der Waals surface area contributed by atoms with E-state index < -0.39 is 17.5 Å². The van der Waals surface area contributed by atoms with Gasteiger partial charge in [0.25, 0.3) is 5.78 Å². The molecule has 0 radical (unpaired) electrons. The summed E-state index contributed by atoms with van der Waals surface area (Å²) in [5.74, 6) is 0.695. The monoisotopic (exact) mass is 562 g/mol. The Morgan fingerprint density at radius 2 is 1.95 bits per heavy atom. The molecule has 220 valence electrons. The lowest BCUT2D eigenvalue weighted by atomic mass is 9.74. The molecule has 9 nitrogen and oxygen atoms in total. The summed E-state index contributed by atoms with van der Waals surface area (Å²) in [5.41, 5.74) is 1.47.